The van der Waals surface area contributed by atoms with Gasteiger partial charge in [-0.1, -0.05) is 25.1 Å². The molecule has 1 atom stereocenters. The number of halogens is 1. The standard InChI is InChI=1S/C18H20FN3S/c1-14(12-22-9-8-20-13-22)10-21-11-15-6-7-18(23-15)16-4-2-3-5-17(16)19/h2-9,13-14,21H,10-12H2,1H3. The normalized spacial score (nSPS) is 12.4. The Morgan fingerprint density at radius 2 is 2.13 bits per heavy atom. The first-order valence-electron chi connectivity index (χ1n) is 7.72. The van der Waals surface area contributed by atoms with Crippen LogP contribution >= 0.6 is 11.3 Å². The molecule has 1 N–H and O–H groups in total. The van der Waals surface area contributed by atoms with Crippen LogP contribution in [0.1, 0.15) is 11.8 Å². The number of hydrogen-bond acceptors (Lipinski definition) is 3. The fourth-order valence-electron chi connectivity index (χ4n) is 2.54. The Hall–Kier alpha value is -1.98. The first-order chi connectivity index (χ1) is 11.2. The number of imidazole rings is 1. The van der Waals surface area contributed by atoms with Gasteiger partial charge in [0, 0.05) is 40.8 Å². The first-order valence-corrected chi connectivity index (χ1v) is 8.54. The Morgan fingerprint density at radius 1 is 1.26 bits per heavy atom. The van der Waals surface area contributed by atoms with Crippen LogP contribution in [0.3, 0.4) is 0 Å². The van der Waals surface area contributed by atoms with Crippen LogP contribution in [-0.2, 0) is 13.1 Å². The molecule has 120 valence electrons. The van der Waals surface area contributed by atoms with Crippen molar-refractivity contribution < 1.29 is 4.39 Å². The summed E-state index contributed by atoms with van der Waals surface area (Å²) in [5.41, 5.74) is 0.678. The number of rotatable bonds is 7. The average Bonchev–Trinajstić information content (AvgIpc) is 3.20. The molecular weight excluding hydrogens is 309 g/mol. The maximum absolute atomic E-state index is 13.8. The van der Waals surface area contributed by atoms with Crippen LogP contribution in [-0.4, -0.2) is 16.1 Å². The second kappa shape index (κ2) is 7.53. The maximum Gasteiger partial charge on any atom is 0.131 e. The maximum atomic E-state index is 13.8. The highest BCUT2D eigenvalue weighted by atomic mass is 32.1. The van der Waals surface area contributed by atoms with E-state index >= 15 is 0 Å². The number of thiophene rings is 1. The monoisotopic (exact) mass is 329 g/mol. The van der Waals surface area contributed by atoms with Crippen molar-refractivity contribution in [2.45, 2.75) is 20.0 Å². The third-order valence-electron chi connectivity index (χ3n) is 3.67. The molecule has 23 heavy (non-hydrogen) atoms. The van der Waals surface area contributed by atoms with Gasteiger partial charge in [0.05, 0.1) is 6.33 Å². The van der Waals surface area contributed by atoms with Crippen molar-refractivity contribution in [3.63, 3.8) is 0 Å². The van der Waals surface area contributed by atoms with Gasteiger partial charge in [-0.2, -0.15) is 0 Å². The fourth-order valence-corrected chi connectivity index (χ4v) is 3.54. The van der Waals surface area contributed by atoms with Gasteiger partial charge in [-0.05, 0) is 30.7 Å². The van der Waals surface area contributed by atoms with Crippen molar-refractivity contribution in [1.82, 2.24) is 14.9 Å². The summed E-state index contributed by atoms with van der Waals surface area (Å²) >= 11 is 1.64. The van der Waals surface area contributed by atoms with Gasteiger partial charge in [-0.3, -0.25) is 0 Å². The summed E-state index contributed by atoms with van der Waals surface area (Å²) in [5.74, 6) is 0.359. The van der Waals surface area contributed by atoms with E-state index in [0.717, 1.165) is 24.5 Å². The third kappa shape index (κ3) is 4.27. The Balaban J connectivity index is 1.51. The van der Waals surface area contributed by atoms with E-state index in [1.165, 1.54) is 10.9 Å². The molecule has 0 aliphatic rings. The van der Waals surface area contributed by atoms with Gasteiger partial charge in [0.25, 0.3) is 0 Å². The van der Waals surface area contributed by atoms with Gasteiger partial charge in [-0.15, -0.1) is 11.3 Å². The van der Waals surface area contributed by atoms with E-state index < -0.39 is 0 Å². The van der Waals surface area contributed by atoms with Gasteiger partial charge >= 0.3 is 0 Å². The molecule has 0 radical (unpaired) electrons. The summed E-state index contributed by atoms with van der Waals surface area (Å²) in [6, 6.07) is 11.0. The third-order valence-corrected chi connectivity index (χ3v) is 4.79. The summed E-state index contributed by atoms with van der Waals surface area (Å²) in [4.78, 5) is 6.25. The molecule has 0 bridgehead atoms. The van der Waals surface area contributed by atoms with Gasteiger partial charge in [0.1, 0.15) is 5.82 Å². The van der Waals surface area contributed by atoms with Crippen LogP contribution in [0.5, 0.6) is 0 Å². The molecule has 1 unspecified atom stereocenters. The van der Waals surface area contributed by atoms with Crippen molar-refractivity contribution in [2.24, 2.45) is 5.92 Å². The minimum Gasteiger partial charge on any atom is -0.337 e. The quantitative estimate of drug-likeness (QED) is 0.705. The molecule has 0 saturated carbocycles. The lowest BCUT2D eigenvalue weighted by Gasteiger charge is -2.12. The van der Waals surface area contributed by atoms with Crippen LogP contribution in [0.2, 0.25) is 0 Å². The minimum absolute atomic E-state index is 0.164. The van der Waals surface area contributed by atoms with Gasteiger partial charge in [0.2, 0.25) is 0 Å². The highest BCUT2D eigenvalue weighted by Gasteiger charge is 2.08. The van der Waals surface area contributed by atoms with Crippen LogP contribution < -0.4 is 5.32 Å². The van der Waals surface area contributed by atoms with E-state index in [9.17, 15) is 4.39 Å². The van der Waals surface area contributed by atoms with Gasteiger partial charge in [0.15, 0.2) is 0 Å². The lowest BCUT2D eigenvalue weighted by molar-refractivity contribution is 0.446. The summed E-state index contributed by atoms with van der Waals surface area (Å²) in [5, 5.41) is 3.48. The number of nitrogens with zero attached hydrogens (tertiary/aromatic N) is 2. The molecule has 0 aliphatic carbocycles. The molecule has 3 aromatic rings. The second-order valence-electron chi connectivity index (χ2n) is 5.74. The molecule has 2 aromatic heterocycles. The van der Waals surface area contributed by atoms with Crippen molar-refractivity contribution in [3.05, 3.63) is 65.8 Å². The SMILES string of the molecule is CC(CNCc1ccc(-c2ccccc2F)s1)Cn1ccnc1. The fraction of sp³-hybridized carbons (Fsp3) is 0.278. The van der Waals surface area contributed by atoms with Gasteiger partial charge < -0.3 is 9.88 Å². The van der Waals surface area contributed by atoms with E-state index in [2.05, 4.69) is 27.9 Å². The predicted octanol–water partition coefficient (Wildman–Crippen LogP) is 4.18. The zero-order chi connectivity index (χ0) is 16.1. The van der Waals surface area contributed by atoms with E-state index in [4.69, 9.17) is 0 Å². The summed E-state index contributed by atoms with van der Waals surface area (Å²) < 4.78 is 15.9. The second-order valence-corrected chi connectivity index (χ2v) is 6.91. The van der Waals surface area contributed by atoms with E-state index in [1.807, 2.05) is 30.7 Å². The number of benzene rings is 1. The van der Waals surface area contributed by atoms with Crippen LogP contribution in [0.4, 0.5) is 4.39 Å². The van der Waals surface area contributed by atoms with Crippen LogP contribution in [0, 0.1) is 11.7 Å². The Labute approximate surface area is 139 Å². The van der Waals surface area contributed by atoms with Crippen LogP contribution in [0.25, 0.3) is 10.4 Å². The van der Waals surface area contributed by atoms with Crippen molar-refractivity contribution in [2.75, 3.05) is 6.54 Å². The molecule has 0 amide bonds. The predicted molar refractivity (Wildman–Crippen MR) is 92.8 cm³/mol. The highest BCUT2D eigenvalue weighted by Crippen LogP contribution is 2.29. The molecule has 3 nitrogen and oxygen atoms in total. The molecule has 0 saturated heterocycles. The van der Waals surface area contributed by atoms with Crippen LogP contribution in [0.15, 0.2) is 55.1 Å². The number of hydrogen-bond donors (Lipinski definition) is 1. The Morgan fingerprint density at radius 3 is 2.91 bits per heavy atom. The zero-order valence-electron chi connectivity index (χ0n) is 13.1. The highest BCUT2D eigenvalue weighted by molar-refractivity contribution is 7.15. The van der Waals surface area contributed by atoms with Crippen molar-refractivity contribution in [3.8, 4) is 10.4 Å². The summed E-state index contributed by atoms with van der Waals surface area (Å²) in [6.45, 7) is 4.92. The van der Waals surface area contributed by atoms with Crippen molar-refractivity contribution in [1.29, 1.82) is 0 Å². The molecule has 2 heterocycles. The Kier molecular flexibility index (Phi) is 5.20. The van der Waals surface area contributed by atoms with E-state index in [1.54, 1.807) is 23.6 Å². The molecule has 0 fully saturated rings. The summed E-state index contributed by atoms with van der Waals surface area (Å²) in [6.07, 6.45) is 5.63. The molecule has 0 spiro atoms. The number of aromatic nitrogens is 2. The van der Waals surface area contributed by atoms with E-state index in [0.29, 0.717) is 11.5 Å². The zero-order valence-corrected chi connectivity index (χ0v) is 13.9. The summed E-state index contributed by atoms with van der Waals surface area (Å²) in [7, 11) is 0. The number of nitrogens with one attached hydrogen (secondary N) is 1. The van der Waals surface area contributed by atoms with E-state index in [-0.39, 0.29) is 5.82 Å². The lowest BCUT2D eigenvalue weighted by atomic mass is 10.2. The molecule has 1 aromatic carbocycles. The average molecular weight is 329 g/mol. The first kappa shape index (κ1) is 15.9. The smallest absolute Gasteiger partial charge is 0.131 e. The van der Waals surface area contributed by atoms with Gasteiger partial charge in [-0.25, -0.2) is 9.37 Å². The Bertz CT molecular complexity index is 736. The molecule has 5 heteroatoms. The molecular formula is C18H20FN3S. The van der Waals surface area contributed by atoms with Crippen molar-refractivity contribution >= 4 is 11.3 Å². The topological polar surface area (TPSA) is 29.9 Å². The lowest BCUT2D eigenvalue weighted by Crippen LogP contribution is -2.23. The molecule has 3 rings (SSSR count). The largest absolute Gasteiger partial charge is 0.337 e. The minimum atomic E-state index is -0.164. The molecule has 0 aliphatic heterocycles.